The van der Waals surface area contributed by atoms with E-state index in [0.29, 0.717) is 0 Å². The molecule has 0 amide bonds. The zero-order valence-electron chi connectivity index (χ0n) is 10.5. The molecule has 1 aromatic rings. The fourth-order valence-electron chi connectivity index (χ4n) is 2.31. The summed E-state index contributed by atoms with van der Waals surface area (Å²) in [6.07, 6.45) is 7.90. The molecule has 0 spiro atoms. The lowest BCUT2D eigenvalue weighted by atomic mass is 10.2. The van der Waals surface area contributed by atoms with E-state index in [2.05, 4.69) is 21.4 Å². The van der Waals surface area contributed by atoms with Crippen LogP contribution < -0.4 is 5.73 Å². The van der Waals surface area contributed by atoms with Gasteiger partial charge in [0.2, 0.25) is 0 Å². The van der Waals surface area contributed by atoms with Gasteiger partial charge in [0, 0.05) is 12.7 Å². The summed E-state index contributed by atoms with van der Waals surface area (Å²) in [5.41, 5.74) is 6.54. The van der Waals surface area contributed by atoms with Crippen LogP contribution in [-0.4, -0.2) is 46.1 Å². The maximum Gasteiger partial charge on any atom is 0.0827 e. The van der Waals surface area contributed by atoms with Crippen molar-refractivity contribution in [3.63, 3.8) is 0 Å². The van der Waals surface area contributed by atoms with Gasteiger partial charge in [0.1, 0.15) is 0 Å². The molecule has 2 rings (SSSR count). The predicted molar refractivity (Wildman–Crippen MR) is 67.7 cm³/mol. The van der Waals surface area contributed by atoms with Crippen molar-refractivity contribution in [2.75, 3.05) is 26.2 Å². The lowest BCUT2D eigenvalue weighted by Crippen LogP contribution is -2.21. The Morgan fingerprint density at radius 3 is 2.76 bits per heavy atom. The number of aryl methyl sites for hydroxylation is 2. The van der Waals surface area contributed by atoms with E-state index in [1.165, 1.54) is 38.9 Å². The molecule has 0 saturated carbocycles. The van der Waals surface area contributed by atoms with Gasteiger partial charge in [0.25, 0.3) is 0 Å². The van der Waals surface area contributed by atoms with Crippen LogP contribution in [0.4, 0.5) is 0 Å². The molecule has 0 bridgehead atoms. The van der Waals surface area contributed by atoms with Gasteiger partial charge in [0.05, 0.1) is 5.69 Å². The number of rotatable bonds is 7. The van der Waals surface area contributed by atoms with Gasteiger partial charge in [-0.3, -0.25) is 4.68 Å². The SMILES string of the molecule is NCCCc1cn(CCCN2CCCC2)nn1. The van der Waals surface area contributed by atoms with Crippen molar-refractivity contribution in [3.05, 3.63) is 11.9 Å². The fourth-order valence-corrected chi connectivity index (χ4v) is 2.31. The molecule has 0 radical (unpaired) electrons. The summed E-state index contributed by atoms with van der Waals surface area (Å²) < 4.78 is 1.96. The monoisotopic (exact) mass is 237 g/mol. The Morgan fingerprint density at radius 1 is 1.18 bits per heavy atom. The zero-order valence-corrected chi connectivity index (χ0v) is 10.5. The third kappa shape index (κ3) is 4.09. The first-order valence-electron chi connectivity index (χ1n) is 6.70. The highest BCUT2D eigenvalue weighted by Crippen LogP contribution is 2.07. The molecule has 0 unspecified atom stereocenters. The Kier molecular flexibility index (Phi) is 4.94. The van der Waals surface area contributed by atoms with Gasteiger partial charge in [-0.05, 0) is 58.3 Å². The molecule has 17 heavy (non-hydrogen) atoms. The fraction of sp³-hybridized carbons (Fsp3) is 0.833. The maximum atomic E-state index is 5.47. The predicted octanol–water partition coefficient (Wildman–Crippen LogP) is 0.655. The largest absolute Gasteiger partial charge is 0.330 e. The van der Waals surface area contributed by atoms with E-state index >= 15 is 0 Å². The summed E-state index contributed by atoms with van der Waals surface area (Å²) in [4.78, 5) is 2.53. The molecule has 1 aromatic heterocycles. The van der Waals surface area contributed by atoms with Crippen molar-refractivity contribution in [1.29, 1.82) is 0 Å². The maximum absolute atomic E-state index is 5.47. The van der Waals surface area contributed by atoms with Gasteiger partial charge < -0.3 is 10.6 Å². The van der Waals surface area contributed by atoms with Gasteiger partial charge in [-0.25, -0.2) is 0 Å². The molecule has 1 saturated heterocycles. The molecule has 1 aliphatic heterocycles. The first-order valence-corrected chi connectivity index (χ1v) is 6.70. The second-order valence-corrected chi connectivity index (χ2v) is 4.77. The lowest BCUT2D eigenvalue weighted by Gasteiger charge is -2.13. The van der Waals surface area contributed by atoms with E-state index in [0.717, 1.165) is 31.6 Å². The summed E-state index contributed by atoms with van der Waals surface area (Å²) in [6, 6.07) is 0. The van der Waals surface area contributed by atoms with Crippen LogP contribution in [0.2, 0.25) is 0 Å². The number of nitrogens with two attached hydrogens (primary N) is 1. The molecule has 2 N–H and O–H groups in total. The molecule has 96 valence electrons. The van der Waals surface area contributed by atoms with Crippen molar-refractivity contribution in [3.8, 4) is 0 Å². The van der Waals surface area contributed by atoms with E-state index in [-0.39, 0.29) is 0 Å². The smallest absolute Gasteiger partial charge is 0.0827 e. The molecule has 0 atom stereocenters. The molecule has 5 nitrogen and oxygen atoms in total. The van der Waals surface area contributed by atoms with Crippen LogP contribution in [0, 0.1) is 0 Å². The van der Waals surface area contributed by atoms with Gasteiger partial charge in [-0.1, -0.05) is 5.21 Å². The summed E-state index contributed by atoms with van der Waals surface area (Å²) in [7, 11) is 0. The molecule has 1 fully saturated rings. The number of nitrogens with zero attached hydrogens (tertiary/aromatic N) is 4. The normalized spacial score (nSPS) is 16.8. The van der Waals surface area contributed by atoms with Crippen molar-refractivity contribution in [1.82, 2.24) is 19.9 Å². The van der Waals surface area contributed by atoms with E-state index in [4.69, 9.17) is 5.73 Å². The van der Waals surface area contributed by atoms with Gasteiger partial charge in [-0.15, -0.1) is 5.10 Å². The summed E-state index contributed by atoms with van der Waals surface area (Å²) in [6.45, 7) is 5.45. The lowest BCUT2D eigenvalue weighted by molar-refractivity contribution is 0.321. The van der Waals surface area contributed by atoms with Crippen molar-refractivity contribution in [2.24, 2.45) is 5.73 Å². The second kappa shape index (κ2) is 6.71. The van der Waals surface area contributed by atoms with Crippen LogP contribution in [0.3, 0.4) is 0 Å². The molecule has 2 heterocycles. The number of hydrogen-bond donors (Lipinski definition) is 1. The van der Waals surface area contributed by atoms with Crippen LogP contribution >= 0.6 is 0 Å². The minimum Gasteiger partial charge on any atom is -0.330 e. The van der Waals surface area contributed by atoms with Crippen molar-refractivity contribution in [2.45, 2.75) is 38.6 Å². The zero-order chi connectivity index (χ0) is 11.9. The highest BCUT2D eigenvalue weighted by molar-refractivity contribution is 4.92. The average molecular weight is 237 g/mol. The minimum atomic E-state index is 0.724. The number of likely N-dealkylation sites (tertiary alicyclic amines) is 1. The Labute approximate surface area is 103 Å². The van der Waals surface area contributed by atoms with Crippen LogP contribution in [-0.2, 0) is 13.0 Å². The first kappa shape index (κ1) is 12.5. The van der Waals surface area contributed by atoms with Crippen LogP contribution in [0.1, 0.15) is 31.4 Å². The number of aromatic nitrogens is 3. The van der Waals surface area contributed by atoms with Crippen molar-refractivity contribution >= 4 is 0 Å². The quantitative estimate of drug-likeness (QED) is 0.756. The van der Waals surface area contributed by atoms with E-state index in [9.17, 15) is 0 Å². The highest BCUT2D eigenvalue weighted by Gasteiger charge is 2.10. The van der Waals surface area contributed by atoms with Gasteiger partial charge in [-0.2, -0.15) is 0 Å². The topological polar surface area (TPSA) is 60.0 Å². The van der Waals surface area contributed by atoms with E-state index in [1.54, 1.807) is 0 Å². The molecule has 0 aromatic carbocycles. The minimum absolute atomic E-state index is 0.724. The van der Waals surface area contributed by atoms with Crippen LogP contribution in [0.5, 0.6) is 0 Å². The third-order valence-corrected chi connectivity index (χ3v) is 3.28. The average Bonchev–Trinajstić information content (AvgIpc) is 2.98. The van der Waals surface area contributed by atoms with E-state index in [1.807, 2.05) is 4.68 Å². The summed E-state index contributed by atoms with van der Waals surface area (Å²) in [5.74, 6) is 0. The third-order valence-electron chi connectivity index (χ3n) is 3.28. The van der Waals surface area contributed by atoms with Crippen molar-refractivity contribution < 1.29 is 0 Å². The van der Waals surface area contributed by atoms with Gasteiger partial charge >= 0.3 is 0 Å². The Morgan fingerprint density at radius 2 is 2.00 bits per heavy atom. The molecular formula is C12H23N5. The second-order valence-electron chi connectivity index (χ2n) is 4.77. The molecular weight excluding hydrogens is 214 g/mol. The Balaban J connectivity index is 1.65. The Bertz CT molecular complexity index is 316. The molecule has 0 aliphatic carbocycles. The van der Waals surface area contributed by atoms with Gasteiger partial charge in [0.15, 0.2) is 0 Å². The standard InChI is InChI=1S/C12H23N5/c13-6-3-5-12-11-17(15-14-12)10-4-9-16-7-1-2-8-16/h11H,1-10,13H2. The summed E-state index contributed by atoms with van der Waals surface area (Å²) in [5, 5.41) is 8.29. The summed E-state index contributed by atoms with van der Waals surface area (Å²) >= 11 is 0. The first-order chi connectivity index (χ1) is 8.38. The molecule has 5 heteroatoms. The molecule has 1 aliphatic rings. The van der Waals surface area contributed by atoms with Crippen LogP contribution in [0.25, 0.3) is 0 Å². The van der Waals surface area contributed by atoms with E-state index < -0.39 is 0 Å². The Hall–Kier alpha value is -0.940. The number of hydrogen-bond acceptors (Lipinski definition) is 4. The highest BCUT2D eigenvalue weighted by atomic mass is 15.4. The van der Waals surface area contributed by atoms with Crippen LogP contribution in [0.15, 0.2) is 6.20 Å².